The monoisotopic (exact) mass is 362 g/mol. The SMILES string of the molecule is CN1CCCN(CC(=O)N2CCC3(CCCN(CC4CC4)C3=O)C2)CC1. The summed E-state index contributed by atoms with van der Waals surface area (Å²) in [4.78, 5) is 34.7. The van der Waals surface area contributed by atoms with Crippen LogP contribution in [0.4, 0.5) is 0 Å². The number of hydrogen-bond donors (Lipinski definition) is 0. The van der Waals surface area contributed by atoms with E-state index in [9.17, 15) is 9.59 Å². The average Bonchev–Trinajstić information content (AvgIpc) is 3.37. The van der Waals surface area contributed by atoms with Gasteiger partial charge in [0.15, 0.2) is 0 Å². The minimum Gasteiger partial charge on any atom is -0.342 e. The summed E-state index contributed by atoms with van der Waals surface area (Å²) in [6.07, 6.45) is 6.62. The van der Waals surface area contributed by atoms with Crippen molar-refractivity contribution in [2.24, 2.45) is 11.3 Å². The average molecular weight is 363 g/mol. The van der Waals surface area contributed by atoms with Crippen LogP contribution >= 0.6 is 0 Å². The molecule has 0 aromatic heterocycles. The fourth-order valence-corrected chi connectivity index (χ4v) is 4.95. The molecule has 146 valence electrons. The predicted octanol–water partition coefficient (Wildman–Crippen LogP) is 0.875. The Balaban J connectivity index is 1.33. The first kappa shape index (κ1) is 18.2. The zero-order chi connectivity index (χ0) is 18.1. The van der Waals surface area contributed by atoms with Gasteiger partial charge in [0.2, 0.25) is 11.8 Å². The smallest absolute Gasteiger partial charge is 0.236 e. The van der Waals surface area contributed by atoms with Crippen molar-refractivity contribution in [3.05, 3.63) is 0 Å². The zero-order valence-corrected chi connectivity index (χ0v) is 16.3. The van der Waals surface area contributed by atoms with Gasteiger partial charge in [-0.3, -0.25) is 14.5 Å². The van der Waals surface area contributed by atoms with Gasteiger partial charge in [0.05, 0.1) is 12.0 Å². The molecule has 0 N–H and O–H groups in total. The molecule has 0 bridgehead atoms. The molecule has 2 amide bonds. The molecule has 1 aliphatic carbocycles. The Labute approximate surface area is 157 Å². The molecular weight excluding hydrogens is 328 g/mol. The third-order valence-electron chi connectivity index (χ3n) is 6.88. The van der Waals surface area contributed by atoms with Crippen molar-refractivity contribution in [2.45, 2.75) is 38.5 Å². The molecule has 3 saturated heterocycles. The fourth-order valence-electron chi connectivity index (χ4n) is 4.95. The lowest BCUT2D eigenvalue weighted by atomic mass is 9.78. The molecule has 1 spiro atoms. The molecular formula is C20H34N4O2. The Morgan fingerprint density at radius 1 is 1.04 bits per heavy atom. The van der Waals surface area contributed by atoms with E-state index in [0.29, 0.717) is 19.0 Å². The van der Waals surface area contributed by atoms with E-state index in [1.165, 1.54) is 12.8 Å². The Morgan fingerprint density at radius 2 is 1.88 bits per heavy atom. The van der Waals surface area contributed by atoms with Crippen molar-refractivity contribution in [1.29, 1.82) is 0 Å². The molecule has 0 aromatic carbocycles. The minimum absolute atomic E-state index is 0.221. The summed E-state index contributed by atoms with van der Waals surface area (Å²) in [6, 6.07) is 0. The molecule has 1 atom stereocenters. The van der Waals surface area contributed by atoms with Crippen LogP contribution in [0.5, 0.6) is 0 Å². The van der Waals surface area contributed by atoms with Crippen LogP contribution in [0.3, 0.4) is 0 Å². The van der Waals surface area contributed by atoms with Crippen molar-refractivity contribution < 1.29 is 9.59 Å². The highest BCUT2D eigenvalue weighted by atomic mass is 16.2. The summed E-state index contributed by atoms with van der Waals surface area (Å²) in [5.41, 5.74) is -0.276. The topological polar surface area (TPSA) is 47.1 Å². The lowest BCUT2D eigenvalue weighted by Gasteiger charge is -2.39. The number of amides is 2. The van der Waals surface area contributed by atoms with Crippen molar-refractivity contribution in [2.75, 3.05) is 66.0 Å². The van der Waals surface area contributed by atoms with Gasteiger partial charge in [-0.15, -0.1) is 0 Å². The van der Waals surface area contributed by atoms with E-state index < -0.39 is 0 Å². The van der Waals surface area contributed by atoms with Crippen LogP contribution in [-0.4, -0.2) is 97.4 Å². The number of piperidine rings is 1. The van der Waals surface area contributed by atoms with Crippen LogP contribution in [0, 0.1) is 11.3 Å². The lowest BCUT2D eigenvalue weighted by molar-refractivity contribution is -0.146. The van der Waals surface area contributed by atoms with E-state index in [2.05, 4.69) is 21.7 Å². The first-order chi connectivity index (χ1) is 12.6. The van der Waals surface area contributed by atoms with E-state index in [1.54, 1.807) is 0 Å². The summed E-state index contributed by atoms with van der Waals surface area (Å²) in [5, 5.41) is 0. The van der Waals surface area contributed by atoms with Gasteiger partial charge in [0, 0.05) is 39.3 Å². The zero-order valence-electron chi connectivity index (χ0n) is 16.3. The third-order valence-corrected chi connectivity index (χ3v) is 6.88. The standard InChI is InChI=1S/C20H34N4O2/c1-21-8-3-9-22(13-12-21)15-18(25)24-11-7-20(16-24)6-2-10-23(19(20)26)14-17-4-5-17/h17H,2-16H2,1H3. The summed E-state index contributed by atoms with van der Waals surface area (Å²) in [6.45, 7) is 7.92. The Bertz CT molecular complexity index is 550. The Morgan fingerprint density at radius 3 is 2.69 bits per heavy atom. The molecule has 3 aliphatic heterocycles. The first-order valence-electron chi connectivity index (χ1n) is 10.5. The van der Waals surface area contributed by atoms with E-state index in [4.69, 9.17) is 0 Å². The van der Waals surface area contributed by atoms with Crippen LogP contribution in [-0.2, 0) is 9.59 Å². The van der Waals surface area contributed by atoms with Gasteiger partial charge in [-0.25, -0.2) is 0 Å². The molecule has 4 rings (SSSR count). The van der Waals surface area contributed by atoms with Crippen molar-refractivity contribution in [3.63, 3.8) is 0 Å². The predicted molar refractivity (Wildman–Crippen MR) is 101 cm³/mol. The highest BCUT2D eigenvalue weighted by molar-refractivity contribution is 5.86. The number of nitrogens with zero attached hydrogens (tertiary/aromatic N) is 4. The molecule has 3 heterocycles. The van der Waals surface area contributed by atoms with Crippen LogP contribution in [0.25, 0.3) is 0 Å². The van der Waals surface area contributed by atoms with E-state index in [-0.39, 0.29) is 11.3 Å². The van der Waals surface area contributed by atoms with E-state index in [0.717, 1.165) is 77.4 Å². The lowest BCUT2D eigenvalue weighted by Crippen LogP contribution is -2.51. The van der Waals surface area contributed by atoms with Crippen LogP contribution < -0.4 is 0 Å². The van der Waals surface area contributed by atoms with Gasteiger partial charge in [-0.05, 0) is 64.6 Å². The number of likely N-dealkylation sites (tertiary alicyclic amines) is 2. The molecule has 6 heteroatoms. The quantitative estimate of drug-likeness (QED) is 0.745. The Hall–Kier alpha value is -1.14. The molecule has 1 saturated carbocycles. The maximum atomic E-state index is 13.1. The summed E-state index contributed by atoms with van der Waals surface area (Å²) in [7, 11) is 2.15. The first-order valence-corrected chi connectivity index (χ1v) is 10.5. The van der Waals surface area contributed by atoms with Crippen LogP contribution in [0.1, 0.15) is 38.5 Å². The Kier molecular flexibility index (Phi) is 5.24. The molecule has 4 aliphatic rings. The van der Waals surface area contributed by atoms with E-state index in [1.807, 2.05) is 4.90 Å². The van der Waals surface area contributed by atoms with Crippen LogP contribution in [0.15, 0.2) is 0 Å². The van der Waals surface area contributed by atoms with Gasteiger partial charge in [0.1, 0.15) is 0 Å². The van der Waals surface area contributed by atoms with Crippen molar-refractivity contribution in [3.8, 4) is 0 Å². The van der Waals surface area contributed by atoms with Gasteiger partial charge in [0.25, 0.3) is 0 Å². The molecule has 4 fully saturated rings. The summed E-state index contributed by atoms with van der Waals surface area (Å²) < 4.78 is 0. The van der Waals surface area contributed by atoms with E-state index >= 15 is 0 Å². The minimum atomic E-state index is -0.276. The highest BCUT2D eigenvalue weighted by Gasteiger charge is 2.49. The number of hydrogen-bond acceptors (Lipinski definition) is 4. The normalized spacial score (nSPS) is 31.7. The largest absolute Gasteiger partial charge is 0.342 e. The maximum Gasteiger partial charge on any atom is 0.236 e. The van der Waals surface area contributed by atoms with Crippen LogP contribution in [0.2, 0.25) is 0 Å². The molecule has 0 aromatic rings. The second kappa shape index (κ2) is 7.47. The molecule has 1 unspecified atom stereocenters. The fraction of sp³-hybridized carbons (Fsp3) is 0.900. The number of carbonyl (C=O) groups is 2. The van der Waals surface area contributed by atoms with Crippen molar-refractivity contribution >= 4 is 11.8 Å². The van der Waals surface area contributed by atoms with Gasteiger partial charge >= 0.3 is 0 Å². The maximum absolute atomic E-state index is 13.1. The summed E-state index contributed by atoms with van der Waals surface area (Å²) >= 11 is 0. The number of likely N-dealkylation sites (N-methyl/N-ethyl adjacent to an activating group) is 1. The third kappa shape index (κ3) is 3.91. The summed E-state index contributed by atoms with van der Waals surface area (Å²) in [5.74, 6) is 1.30. The molecule has 0 radical (unpaired) electrons. The second-order valence-electron chi connectivity index (χ2n) is 9.08. The van der Waals surface area contributed by atoms with Gasteiger partial charge < -0.3 is 14.7 Å². The van der Waals surface area contributed by atoms with Crippen molar-refractivity contribution in [1.82, 2.24) is 19.6 Å². The number of carbonyl (C=O) groups excluding carboxylic acids is 2. The van der Waals surface area contributed by atoms with Gasteiger partial charge in [-0.2, -0.15) is 0 Å². The number of rotatable bonds is 4. The van der Waals surface area contributed by atoms with Gasteiger partial charge in [-0.1, -0.05) is 0 Å². The second-order valence-corrected chi connectivity index (χ2v) is 9.08. The highest BCUT2D eigenvalue weighted by Crippen LogP contribution is 2.41. The molecule has 26 heavy (non-hydrogen) atoms. The molecule has 6 nitrogen and oxygen atoms in total.